The van der Waals surface area contributed by atoms with Crippen LogP contribution >= 0.6 is 0 Å². The highest BCUT2D eigenvalue weighted by atomic mass is 32.2. The number of hydrogen-bond donors (Lipinski definition) is 1. The number of rotatable bonds is 5. The molecule has 1 amide bonds. The Kier molecular flexibility index (Phi) is 6.63. The quantitative estimate of drug-likeness (QED) is 0.844. The highest BCUT2D eigenvalue weighted by molar-refractivity contribution is 7.88. The van der Waals surface area contributed by atoms with Gasteiger partial charge in [0.2, 0.25) is 10.0 Å². The summed E-state index contributed by atoms with van der Waals surface area (Å²) in [5.74, 6) is -0.584. The standard InChI is InChI=1S/C18H27FN2O4S/c1-18(2,3)25-17(22)20-12-16-6-4-5-11-21(16)26(23,24)13-14-7-9-15(19)10-8-14/h7-10,16H,4-6,11-13H2,1-3H3,(H,20,22)/t16-/m1/s1. The molecule has 0 radical (unpaired) electrons. The van der Waals surface area contributed by atoms with Gasteiger partial charge in [-0.15, -0.1) is 0 Å². The summed E-state index contributed by atoms with van der Waals surface area (Å²) in [6.45, 7) is 5.94. The van der Waals surface area contributed by atoms with Crippen LogP contribution in [0.5, 0.6) is 0 Å². The van der Waals surface area contributed by atoms with Crippen molar-refractivity contribution in [2.45, 2.75) is 57.4 Å². The van der Waals surface area contributed by atoms with E-state index in [0.717, 1.165) is 12.8 Å². The van der Waals surface area contributed by atoms with E-state index in [1.54, 1.807) is 20.8 Å². The van der Waals surface area contributed by atoms with Gasteiger partial charge >= 0.3 is 6.09 Å². The summed E-state index contributed by atoms with van der Waals surface area (Å²) < 4.78 is 45.3. The van der Waals surface area contributed by atoms with Gasteiger partial charge in [-0.05, 0) is 51.3 Å². The first kappa shape index (κ1) is 20.6. The van der Waals surface area contributed by atoms with Crippen LogP contribution in [0.15, 0.2) is 24.3 Å². The zero-order chi connectivity index (χ0) is 19.4. The first-order valence-electron chi connectivity index (χ1n) is 8.78. The van der Waals surface area contributed by atoms with Gasteiger partial charge in [0.1, 0.15) is 11.4 Å². The number of halogens is 1. The van der Waals surface area contributed by atoms with E-state index in [2.05, 4.69) is 5.32 Å². The van der Waals surface area contributed by atoms with Crippen LogP contribution in [0.1, 0.15) is 45.6 Å². The Hall–Kier alpha value is -1.67. The number of carbonyl (C=O) groups excluding carboxylic acids is 1. The normalized spacial score (nSPS) is 19.2. The molecular weight excluding hydrogens is 359 g/mol. The van der Waals surface area contributed by atoms with E-state index < -0.39 is 27.5 Å². The van der Waals surface area contributed by atoms with Crippen molar-refractivity contribution in [1.82, 2.24) is 9.62 Å². The summed E-state index contributed by atoms with van der Waals surface area (Å²) >= 11 is 0. The summed E-state index contributed by atoms with van der Waals surface area (Å²) in [5, 5.41) is 2.67. The largest absolute Gasteiger partial charge is 0.444 e. The molecule has 1 aromatic rings. The minimum atomic E-state index is -3.56. The fourth-order valence-electron chi connectivity index (χ4n) is 2.93. The third kappa shape index (κ3) is 6.25. The van der Waals surface area contributed by atoms with Gasteiger partial charge < -0.3 is 10.1 Å². The molecule has 0 saturated carbocycles. The molecule has 6 nitrogen and oxygen atoms in total. The average Bonchev–Trinajstić information content (AvgIpc) is 2.53. The number of benzene rings is 1. The minimum absolute atomic E-state index is 0.184. The van der Waals surface area contributed by atoms with Crippen LogP contribution in [0.4, 0.5) is 9.18 Å². The molecule has 1 fully saturated rings. The second-order valence-electron chi connectivity index (χ2n) is 7.53. The van der Waals surface area contributed by atoms with Crippen molar-refractivity contribution in [3.8, 4) is 0 Å². The molecule has 1 aromatic carbocycles. The van der Waals surface area contributed by atoms with E-state index in [1.807, 2.05) is 0 Å². The Balaban J connectivity index is 2.02. The topological polar surface area (TPSA) is 75.7 Å². The lowest BCUT2D eigenvalue weighted by Gasteiger charge is -2.35. The Labute approximate surface area is 154 Å². The molecule has 1 saturated heterocycles. The Morgan fingerprint density at radius 2 is 1.92 bits per heavy atom. The molecule has 0 spiro atoms. The molecule has 0 aliphatic carbocycles. The number of nitrogens with one attached hydrogen (secondary N) is 1. The number of alkyl carbamates (subject to hydrolysis) is 1. The van der Waals surface area contributed by atoms with Crippen molar-refractivity contribution in [2.75, 3.05) is 13.1 Å². The fourth-order valence-corrected chi connectivity index (χ4v) is 4.75. The number of sulfonamides is 1. The third-order valence-electron chi connectivity index (χ3n) is 4.07. The molecule has 1 aliphatic rings. The lowest BCUT2D eigenvalue weighted by atomic mass is 10.1. The molecule has 0 bridgehead atoms. The molecule has 1 atom stereocenters. The van der Waals surface area contributed by atoms with Crippen LogP contribution in [-0.4, -0.2) is 43.5 Å². The average molecular weight is 386 g/mol. The first-order valence-corrected chi connectivity index (χ1v) is 10.4. The summed E-state index contributed by atoms with van der Waals surface area (Å²) in [5.41, 5.74) is -0.0684. The van der Waals surface area contributed by atoms with Gasteiger partial charge in [0, 0.05) is 19.1 Å². The Bertz CT molecular complexity index is 714. The highest BCUT2D eigenvalue weighted by Crippen LogP contribution is 2.23. The summed E-state index contributed by atoms with van der Waals surface area (Å²) in [6.07, 6.45) is 1.81. The number of ether oxygens (including phenoxy) is 1. The molecule has 2 rings (SSSR count). The van der Waals surface area contributed by atoms with Crippen LogP contribution in [0.3, 0.4) is 0 Å². The van der Waals surface area contributed by atoms with Crippen LogP contribution in [0.2, 0.25) is 0 Å². The van der Waals surface area contributed by atoms with Crippen LogP contribution in [-0.2, 0) is 20.5 Å². The maximum atomic E-state index is 13.0. The van der Waals surface area contributed by atoms with Crippen molar-refractivity contribution >= 4 is 16.1 Å². The van der Waals surface area contributed by atoms with Crippen molar-refractivity contribution in [3.05, 3.63) is 35.6 Å². The van der Waals surface area contributed by atoms with Gasteiger partial charge in [-0.1, -0.05) is 18.6 Å². The molecule has 8 heteroatoms. The smallest absolute Gasteiger partial charge is 0.407 e. The maximum Gasteiger partial charge on any atom is 0.407 e. The van der Waals surface area contributed by atoms with E-state index in [0.29, 0.717) is 18.5 Å². The second kappa shape index (κ2) is 8.35. The van der Waals surface area contributed by atoms with Gasteiger partial charge in [0.25, 0.3) is 0 Å². The van der Waals surface area contributed by atoms with Crippen LogP contribution in [0.25, 0.3) is 0 Å². The number of carbonyl (C=O) groups is 1. The molecular formula is C18H27FN2O4S. The van der Waals surface area contributed by atoms with Crippen LogP contribution in [0, 0.1) is 5.82 Å². The molecule has 0 aromatic heterocycles. The van der Waals surface area contributed by atoms with Crippen molar-refractivity contribution in [2.24, 2.45) is 0 Å². The number of amides is 1. The van der Waals surface area contributed by atoms with Gasteiger partial charge in [0.05, 0.1) is 5.75 Å². The zero-order valence-corrected chi connectivity index (χ0v) is 16.3. The van der Waals surface area contributed by atoms with Gasteiger partial charge in [-0.2, -0.15) is 4.31 Å². The predicted molar refractivity (Wildman–Crippen MR) is 97.6 cm³/mol. The number of nitrogens with zero attached hydrogens (tertiary/aromatic N) is 1. The first-order chi connectivity index (χ1) is 12.1. The highest BCUT2D eigenvalue weighted by Gasteiger charge is 2.32. The lowest BCUT2D eigenvalue weighted by Crippen LogP contribution is -2.50. The Morgan fingerprint density at radius 3 is 2.54 bits per heavy atom. The lowest BCUT2D eigenvalue weighted by molar-refractivity contribution is 0.0512. The molecule has 1 heterocycles. The maximum absolute atomic E-state index is 13.0. The predicted octanol–water partition coefficient (Wildman–Crippen LogP) is 3.03. The van der Waals surface area contributed by atoms with Crippen LogP contribution < -0.4 is 5.32 Å². The summed E-state index contributed by atoms with van der Waals surface area (Å²) in [4.78, 5) is 11.8. The fraction of sp³-hybridized carbons (Fsp3) is 0.611. The molecule has 146 valence electrons. The van der Waals surface area contributed by atoms with E-state index in [4.69, 9.17) is 4.74 Å². The number of piperidine rings is 1. The van der Waals surface area contributed by atoms with E-state index >= 15 is 0 Å². The van der Waals surface area contributed by atoms with Gasteiger partial charge in [-0.3, -0.25) is 0 Å². The van der Waals surface area contributed by atoms with E-state index in [9.17, 15) is 17.6 Å². The summed E-state index contributed by atoms with van der Waals surface area (Å²) in [6, 6.07) is 5.16. The monoisotopic (exact) mass is 386 g/mol. The number of hydrogen-bond acceptors (Lipinski definition) is 4. The zero-order valence-electron chi connectivity index (χ0n) is 15.5. The van der Waals surface area contributed by atoms with E-state index in [-0.39, 0.29) is 18.3 Å². The Morgan fingerprint density at radius 1 is 1.27 bits per heavy atom. The van der Waals surface area contributed by atoms with Gasteiger partial charge in [0.15, 0.2) is 0 Å². The minimum Gasteiger partial charge on any atom is -0.444 e. The second-order valence-corrected chi connectivity index (χ2v) is 9.45. The SMILES string of the molecule is CC(C)(C)OC(=O)NC[C@H]1CCCCN1S(=O)(=O)Cc1ccc(F)cc1. The molecule has 1 aliphatic heterocycles. The summed E-state index contributed by atoms with van der Waals surface area (Å²) in [7, 11) is -3.56. The third-order valence-corrected chi connectivity index (χ3v) is 5.97. The van der Waals surface area contributed by atoms with Crippen molar-refractivity contribution < 1.29 is 22.3 Å². The molecule has 1 N–H and O–H groups in total. The van der Waals surface area contributed by atoms with Crippen molar-refractivity contribution in [1.29, 1.82) is 0 Å². The molecule has 26 heavy (non-hydrogen) atoms. The van der Waals surface area contributed by atoms with Crippen molar-refractivity contribution in [3.63, 3.8) is 0 Å². The molecule has 0 unspecified atom stereocenters. The van der Waals surface area contributed by atoms with E-state index in [1.165, 1.54) is 28.6 Å². The van der Waals surface area contributed by atoms with Gasteiger partial charge in [-0.25, -0.2) is 17.6 Å².